The van der Waals surface area contributed by atoms with Crippen LogP contribution in [-0.2, 0) is 0 Å². The molecule has 1 N–H and O–H groups in total. The standard InChI is InChI=1S/C14H26O/c1-11(2)9-13(5)7-8-14(6,15)10-12(3)4/h11-13,15H,9-10H2,1-6H3. The fourth-order valence-electron chi connectivity index (χ4n) is 1.89. The lowest BCUT2D eigenvalue weighted by Crippen LogP contribution is -2.24. The van der Waals surface area contributed by atoms with Gasteiger partial charge in [0.15, 0.2) is 0 Å². The van der Waals surface area contributed by atoms with E-state index >= 15 is 0 Å². The van der Waals surface area contributed by atoms with E-state index in [4.69, 9.17) is 0 Å². The second-order valence-electron chi connectivity index (χ2n) is 5.67. The Morgan fingerprint density at radius 3 is 2.00 bits per heavy atom. The molecule has 0 aliphatic heterocycles. The highest BCUT2D eigenvalue weighted by atomic mass is 16.3. The van der Waals surface area contributed by atoms with Crippen LogP contribution in [0.2, 0.25) is 0 Å². The third kappa shape index (κ3) is 8.51. The molecule has 0 bridgehead atoms. The van der Waals surface area contributed by atoms with Crippen LogP contribution in [0, 0.1) is 29.6 Å². The van der Waals surface area contributed by atoms with Gasteiger partial charge in [0.25, 0.3) is 0 Å². The summed E-state index contributed by atoms with van der Waals surface area (Å²) in [5.41, 5.74) is -0.820. The molecule has 0 aromatic heterocycles. The summed E-state index contributed by atoms with van der Waals surface area (Å²) < 4.78 is 0. The Kier molecular flexibility index (Phi) is 5.98. The summed E-state index contributed by atoms with van der Waals surface area (Å²) in [6.45, 7) is 12.5. The quantitative estimate of drug-likeness (QED) is 0.704. The predicted molar refractivity (Wildman–Crippen MR) is 66.5 cm³/mol. The van der Waals surface area contributed by atoms with E-state index in [1.807, 2.05) is 6.92 Å². The van der Waals surface area contributed by atoms with Crippen LogP contribution in [0.5, 0.6) is 0 Å². The molecular formula is C14H26O. The minimum Gasteiger partial charge on any atom is -0.378 e. The van der Waals surface area contributed by atoms with E-state index < -0.39 is 5.60 Å². The Hall–Kier alpha value is -0.480. The summed E-state index contributed by atoms with van der Waals surface area (Å²) in [6.07, 6.45) is 1.85. The van der Waals surface area contributed by atoms with Gasteiger partial charge < -0.3 is 5.11 Å². The van der Waals surface area contributed by atoms with Gasteiger partial charge in [0.05, 0.1) is 0 Å². The maximum atomic E-state index is 9.99. The van der Waals surface area contributed by atoms with Gasteiger partial charge in [-0.3, -0.25) is 0 Å². The van der Waals surface area contributed by atoms with Crippen LogP contribution in [0.15, 0.2) is 0 Å². The Bertz CT molecular complexity index is 227. The van der Waals surface area contributed by atoms with Gasteiger partial charge in [0, 0.05) is 5.92 Å². The first-order valence-electron chi connectivity index (χ1n) is 5.98. The normalized spacial score (nSPS) is 17.1. The van der Waals surface area contributed by atoms with Crippen molar-refractivity contribution >= 4 is 0 Å². The largest absolute Gasteiger partial charge is 0.378 e. The molecule has 1 nitrogen and oxygen atoms in total. The summed E-state index contributed by atoms with van der Waals surface area (Å²) in [5, 5.41) is 9.99. The highest BCUT2D eigenvalue weighted by Crippen LogP contribution is 2.16. The van der Waals surface area contributed by atoms with Crippen molar-refractivity contribution in [3.8, 4) is 11.8 Å². The van der Waals surface area contributed by atoms with E-state index in [9.17, 15) is 5.11 Å². The lowest BCUT2D eigenvalue weighted by atomic mass is 9.93. The molecule has 0 saturated heterocycles. The zero-order valence-electron chi connectivity index (χ0n) is 11.1. The second kappa shape index (κ2) is 6.18. The molecule has 1 heteroatoms. The highest BCUT2D eigenvalue weighted by molar-refractivity contribution is 5.13. The average Bonchev–Trinajstić information content (AvgIpc) is 1.97. The monoisotopic (exact) mass is 210 g/mol. The van der Waals surface area contributed by atoms with Gasteiger partial charge in [-0.1, -0.05) is 46.5 Å². The van der Waals surface area contributed by atoms with E-state index in [2.05, 4.69) is 46.5 Å². The zero-order valence-corrected chi connectivity index (χ0v) is 11.1. The van der Waals surface area contributed by atoms with E-state index in [1.54, 1.807) is 0 Å². The molecule has 15 heavy (non-hydrogen) atoms. The Morgan fingerprint density at radius 2 is 1.60 bits per heavy atom. The molecule has 0 aromatic rings. The fraction of sp³-hybridized carbons (Fsp3) is 0.857. The van der Waals surface area contributed by atoms with Crippen LogP contribution in [0.25, 0.3) is 0 Å². The van der Waals surface area contributed by atoms with Gasteiger partial charge in [0.1, 0.15) is 5.60 Å². The van der Waals surface area contributed by atoms with Gasteiger partial charge in [0.2, 0.25) is 0 Å². The first-order chi connectivity index (χ1) is 6.73. The third-order valence-electron chi connectivity index (χ3n) is 2.22. The van der Waals surface area contributed by atoms with E-state index in [-0.39, 0.29) is 0 Å². The topological polar surface area (TPSA) is 20.2 Å². The van der Waals surface area contributed by atoms with Crippen molar-refractivity contribution in [1.29, 1.82) is 0 Å². The van der Waals surface area contributed by atoms with Crippen molar-refractivity contribution < 1.29 is 5.11 Å². The van der Waals surface area contributed by atoms with Gasteiger partial charge in [-0.2, -0.15) is 0 Å². The summed E-state index contributed by atoms with van der Waals surface area (Å²) >= 11 is 0. The summed E-state index contributed by atoms with van der Waals surface area (Å²) in [7, 11) is 0. The molecule has 88 valence electrons. The molecule has 0 aliphatic carbocycles. The van der Waals surface area contributed by atoms with Gasteiger partial charge in [-0.15, -0.1) is 0 Å². The lowest BCUT2D eigenvalue weighted by Gasteiger charge is -2.19. The molecule has 0 amide bonds. The van der Waals surface area contributed by atoms with Crippen molar-refractivity contribution in [2.24, 2.45) is 17.8 Å². The van der Waals surface area contributed by atoms with E-state index in [0.717, 1.165) is 12.8 Å². The second-order valence-corrected chi connectivity index (χ2v) is 5.67. The van der Waals surface area contributed by atoms with Crippen LogP contribution in [-0.4, -0.2) is 10.7 Å². The van der Waals surface area contributed by atoms with Crippen molar-refractivity contribution in [2.45, 2.75) is 60.0 Å². The number of rotatable bonds is 4. The fourth-order valence-corrected chi connectivity index (χ4v) is 1.89. The maximum Gasteiger partial charge on any atom is 0.123 e. The molecule has 2 unspecified atom stereocenters. The molecule has 0 saturated carbocycles. The minimum absolute atomic E-state index is 0.378. The van der Waals surface area contributed by atoms with Crippen LogP contribution < -0.4 is 0 Å². The van der Waals surface area contributed by atoms with Crippen LogP contribution in [0.3, 0.4) is 0 Å². The summed E-state index contributed by atoms with van der Waals surface area (Å²) in [5.74, 6) is 7.69. The smallest absolute Gasteiger partial charge is 0.123 e. The van der Waals surface area contributed by atoms with Gasteiger partial charge in [-0.05, 0) is 31.6 Å². The molecule has 0 heterocycles. The Labute approximate surface area is 95.3 Å². The first-order valence-corrected chi connectivity index (χ1v) is 5.98. The van der Waals surface area contributed by atoms with Crippen LogP contribution in [0.1, 0.15) is 54.4 Å². The highest BCUT2D eigenvalue weighted by Gasteiger charge is 2.18. The number of hydrogen-bond donors (Lipinski definition) is 1. The molecule has 2 atom stereocenters. The number of hydrogen-bond acceptors (Lipinski definition) is 1. The van der Waals surface area contributed by atoms with E-state index in [0.29, 0.717) is 17.8 Å². The third-order valence-corrected chi connectivity index (χ3v) is 2.22. The molecule has 0 aromatic carbocycles. The van der Waals surface area contributed by atoms with Crippen molar-refractivity contribution in [3.05, 3.63) is 0 Å². The molecule has 0 aliphatic rings. The molecule has 0 radical (unpaired) electrons. The number of aliphatic hydroxyl groups is 1. The van der Waals surface area contributed by atoms with Crippen LogP contribution >= 0.6 is 0 Å². The average molecular weight is 210 g/mol. The van der Waals surface area contributed by atoms with Crippen molar-refractivity contribution in [2.75, 3.05) is 0 Å². The Morgan fingerprint density at radius 1 is 1.07 bits per heavy atom. The van der Waals surface area contributed by atoms with Crippen LogP contribution in [0.4, 0.5) is 0 Å². The van der Waals surface area contributed by atoms with Crippen molar-refractivity contribution in [3.63, 3.8) is 0 Å². The lowest BCUT2D eigenvalue weighted by molar-refractivity contribution is 0.0973. The molecular weight excluding hydrogens is 184 g/mol. The van der Waals surface area contributed by atoms with Gasteiger partial charge in [-0.25, -0.2) is 0 Å². The predicted octanol–water partition coefficient (Wildman–Crippen LogP) is 3.47. The maximum absolute atomic E-state index is 9.99. The zero-order chi connectivity index (χ0) is 12.1. The summed E-state index contributed by atoms with van der Waals surface area (Å²) in [4.78, 5) is 0. The SMILES string of the molecule is CC(C)CC(C)C#CC(C)(O)CC(C)C. The molecule has 0 fully saturated rings. The van der Waals surface area contributed by atoms with E-state index in [1.165, 1.54) is 0 Å². The van der Waals surface area contributed by atoms with Crippen molar-refractivity contribution in [1.82, 2.24) is 0 Å². The van der Waals surface area contributed by atoms with Gasteiger partial charge >= 0.3 is 0 Å². The Balaban J connectivity index is 4.24. The first kappa shape index (κ1) is 14.5. The molecule has 0 spiro atoms. The minimum atomic E-state index is -0.820. The molecule has 0 rings (SSSR count). The summed E-state index contributed by atoms with van der Waals surface area (Å²) in [6, 6.07) is 0.